The van der Waals surface area contributed by atoms with Crippen molar-refractivity contribution in [2.45, 2.75) is 31.6 Å². The Morgan fingerprint density at radius 1 is 1.07 bits per heavy atom. The Bertz CT molecular complexity index is 850. The number of ether oxygens (including phenoxy) is 2. The zero-order valence-electron chi connectivity index (χ0n) is 16.3. The van der Waals surface area contributed by atoms with E-state index in [4.69, 9.17) is 20.6 Å². The summed E-state index contributed by atoms with van der Waals surface area (Å²) in [6.45, 7) is 2.27. The average molecular weight is 394 g/mol. The molecule has 2 atom stereocenters. The number of hydrogen-bond acceptors (Lipinski definition) is 5. The summed E-state index contributed by atoms with van der Waals surface area (Å²) >= 11 is 0. The van der Waals surface area contributed by atoms with Gasteiger partial charge in [0.25, 0.3) is 0 Å². The minimum Gasteiger partial charge on any atom is -0.471 e. The van der Waals surface area contributed by atoms with Crippen LogP contribution in [0.4, 0.5) is 10.5 Å². The number of nitrogens with one attached hydrogen (secondary N) is 1. The topological polar surface area (TPSA) is 91.9 Å². The SMILES string of the molecule is N=C(N)c1ccc(N2CC(C(Oc3ccccc3)N3CCCCC3)OC2=O)cc1. The van der Waals surface area contributed by atoms with Gasteiger partial charge >= 0.3 is 6.09 Å². The molecule has 2 heterocycles. The monoisotopic (exact) mass is 394 g/mol. The van der Waals surface area contributed by atoms with Crippen LogP contribution in [0.15, 0.2) is 54.6 Å². The van der Waals surface area contributed by atoms with E-state index in [2.05, 4.69) is 4.90 Å². The van der Waals surface area contributed by atoms with E-state index < -0.39 is 6.10 Å². The van der Waals surface area contributed by atoms with Crippen LogP contribution in [0.5, 0.6) is 5.75 Å². The number of nitrogens with two attached hydrogens (primary N) is 1. The van der Waals surface area contributed by atoms with E-state index >= 15 is 0 Å². The second-order valence-electron chi connectivity index (χ2n) is 7.41. The summed E-state index contributed by atoms with van der Waals surface area (Å²) in [6, 6.07) is 16.7. The zero-order chi connectivity index (χ0) is 20.2. The van der Waals surface area contributed by atoms with Gasteiger partial charge in [0, 0.05) is 24.3 Å². The summed E-state index contributed by atoms with van der Waals surface area (Å²) < 4.78 is 12.0. The van der Waals surface area contributed by atoms with Gasteiger partial charge in [-0.15, -0.1) is 0 Å². The molecule has 152 valence electrons. The summed E-state index contributed by atoms with van der Waals surface area (Å²) in [7, 11) is 0. The molecule has 7 nitrogen and oxygen atoms in total. The van der Waals surface area contributed by atoms with Crippen LogP contribution in [0, 0.1) is 5.41 Å². The molecule has 2 saturated heterocycles. The number of nitrogen functional groups attached to an aromatic ring is 1. The third kappa shape index (κ3) is 4.35. The molecule has 2 aliphatic heterocycles. The first kappa shape index (κ1) is 19.3. The molecule has 2 aromatic carbocycles. The lowest BCUT2D eigenvalue weighted by molar-refractivity contribution is -0.0602. The second-order valence-corrected chi connectivity index (χ2v) is 7.41. The third-order valence-electron chi connectivity index (χ3n) is 5.39. The zero-order valence-corrected chi connectivity index (χ0v) is 16.3. The van der Waals surface area contributed by atoms with Gasteiger partial charge in [-0.05, 0) is 49.2 Å². The van der Waals surface area contributed by atoms with E-state index in [1.807, 2.05) is 30.3 Å². The van der Waals surface area contributed by atoms with Gasteiger partial charge in [0.05, 0.1) is 6.54 Å². The molecule has 0 aromatic heterocycles. The molecule has 2 aromatic rings. The molecule has 1 amide bonds. The molecule has 2 aliphatic rings. The minimum absolute atomic E-state index is 0.000140. The number of benzene rings is 2. The number of likely N-dealkylation sites (tertiary alicyclic amines) is 1. The van der Waals surface area contributed by atoms with Gasteiger partial charge < -0.3 is 15.2 Å². The first-order chi connectivity index (χ1) is 14.1. The number of para-hydroxylation sites is 1. The lowest BCUT2D eigenvalue weighted by atomic mass is 10.1. The molecular formula is C22H26N4O3. The van der Waals surface area contributed by atoms with E-state index in [1.165, 1.54) is 6.42 Å². The molecule has 0 saturated carbocycles. The Labute approximate surface area is 170 Å². The van der Waals surface area contributed by atoms with E-state index in [-0.39, 0.29) is 18.2 Å². The number of rotatable bonds is 6. The fourth-order valence-corrected chi connectivity index (χ4v) is 3.86. The van der Waals surface area contributed by atoms with Gasteiger partial charge in [-0.2, -0.15) is 0 Å². The lowest BCUT2D eigenvalue weighted by Crippen LogP contribution is -2.51. The summed E-state index contributed by atoms with van der Waals surface area (Å²) in [5.41, 5.74) is 6.86. The molecule has 2 fully saturated rings. The maximum absolute atomic E-state index is 12.6. The second kappa shape index (κ2) is 8.53. The molecule has 0 spiro atoms. The van der Waals surface area contributed by atoms with Crippen molar-refractivity contribution in [1.29, 1.82) is 5.41 Å². The molecule has 3 N–H and O–H groups in total. The molecular weight excluding hydrogens is 368 g/mol. The number of hydrogen-bond donors (Lipinski definition) is 2. The van der Waals surface area contributed by atoms with Gasteiger partial charge in [0.15, 0.2) is 12.3 Å². The van der Waals surface area contributed by atoms with Gasteiger partial charge in [-0.1, -0.05) is 24.6 Å². The van der Waals surface area contributed by atoms with Crippen molar-refractivity contribution in [3.05, 3.63) is 60.2 Å². The highest BCUT2D eigenvalue weighted by molar-refractivity contribution is 5.96. The van der Waals surface area contributed by atoms with E-state index in [1.54, 1.807) is 29.2 Å². The molecule has 7 heteroatoms. The van der Waals surface area contributed by atoms with Crippen LogP contribution in [0.3, 0.4) is 0 Å². The average Bonchev–Trinajstić information content (AvgIpc) is 3.14. The van der Waals surface area contributed by atoms with Crippen molar-refractivity contribution in [1.82, 2.24) is 4.90 Å². The number of anilines is 1. The summed E-state index contributed by atoms with van der Waals surface area (Å²) in [5.74, 6) is 0.767. The Morgan fingerprint density at radius 2 is 1.76 bits per heavy atom. The van der Waals surface area contributed by atoms with Gasteiger partial charge in [0.2, 0.25) is 0 Å². The summed E-state index contributed by atoms with van der Waals surface area (Å²) in [6.07, 6.45) is 2.34. The van der Waals surface area contributed by atoms with Crippen LogP contribution in [0.25, 0.3) is 0 Å². The third-order valence-corrected chi connectivity index (χ3v) is 5.39. The lowest BCUT2D eigenvalue weighted by Gasteiger charge is -2.36. The van der Waals surface area contributed by atoms with Gasteiger partial charge in [0.1, 0.15) is 11.6 Å². The quantitative estimate of drug-likeness (QED) is 0.580. The van der Waals surface area contributed by atoms with Crippen LogP contribution in [0.2, 0.25) is 0 Å². The molecule has 29 heavy (non-hydrogen) atoms. The van der Waals surface area contributed by atoms with E-state index in [0.717, 1.165) is 37.4 Å². The molecule has 0 aliphatic carbocycles. The van der Waals surface area contributed by atoms with Crippen LogP contribution >= 0.6 is 0 Å². The highest BCUT2D eigenvalue weighted by Crippen LogP contribution is 2.28. The highest BCUT2D eigenvalue weighted by atomic mass is 16.6. The van der Waals surface area contributed by atoms with Crippen LogP contribution in [0.1, 0.15) is 24.8 Å². The van der Waals surface area contributed by atoms with Crippen molar-refractivity contribution in [3.63, 3.8) is 0 Å². The molecule has 2 unspecified atom stereocenters. The van der Waals surface area contributed by atoms with Crippen molar-refractivity contribution in [2.75, 3.05) is 24.5 Å². The number of amides is 1. The number of piperidine rings is 1. The number of carbonyl (C=O) groups excluding carboxylic acids is 1. The number of amidine groups is 1. The molecule has 0 radical (unpaired) electrons. The highest BCUT2D eigenvalue weighted by Gasteiger charge is 2.41. The Balaban J connectivity index is 1.53. The van der Waals surface area contributed by atoms with Crippen molar-refractivity contribution in [3.8, 4) is 5.75 Å². The Hall–Kier alpha value is -3.06. The smallest absolute Gasteiger partial charge is 0.414 e. The van der Waals surface area contributed by atoms with Crippen LogP contribution < -0.4 is 15.4 Å². The first-order valence-corrected chi connectivity index (χ1v) is 10.0. The van der Waals surface area contributed by atoms with Gasteiger partial charge in [-0.3, -0.25) is 15.2 Å². The summed E-state index contributed by atoms with van der Waals surface area (Å²) in [5, 5.41) is 7.51. The number of nitrogens with zero attached hydrogens (tertiary/aromatic N) is 2. The largest absolute Gasteiger partial charge is 0.471 e. The van der Waals surface area contributed by atoms with Crippen LogP contribution in [-0.4, -0.2) is 48.8 Å². The van der Waals surface area contributed by atoms with E-state index in [0.29, 0.717) is 12.1 Å². The predicted octanol–water partition coefficient (Wildman–Crippen LogP) is 3.19. The van der Waals surface area contributed by atoms with Gasteiger partial charge in [-0.25, -0.2) is 4.79 Å². The Morgan fingerprint density at radius 3 is 2.41 bits per heavy atom. The Kier molecular flexibility index (Phi) is 5.67. The van der Waals surface area contributed by atoms with E-state index in [9.17, 15) is 4.79 Å². The maximum atomic E-state index is 12.6. The standard InChI is InChI=1S/C22H26N4O3/c23-20(24)16-9-11-17(12-10-16)26-15-19(29-22(26)27)21(25-13-5-2-6-14-25)28-18-7-3-1-4-8-18/h1,3-4,7-12,19,21H,2,5-6,13-15H2,(H3,23,24). The number of carbonyl (C=O) groups is 1. The van der Waals surface area contributed by atoms with Crippen LogP contribution in [-0.2, 0) is 4.74 Å². The fraction of sp³-hybridized carbons (Fsp3) is 0.364. The maximum Gasteiger partial charge on any atom is 0.414 e. The van der Waals surface area contributed by atoms with Crippen molar-refractivity contribution in [2.24, 2.45) is 5.73 Å². The fourth-order valence-electron chi connectivity index (χ4n) is 3.86. The number of cyclic esters (lactones) is 1. The molecule has 0 bridgehead atoms. The van der Waals surface area contributed by atoms with Crippen molar-refractivity contribution >= 4 is 17.6 Å². The predicted molar refractivity (Wildman–Crippen MR) is 111 cm³/mol. The molecule has 4 rings (SSSR count). The minimum atomic E-state index is -0.395. The summed E-state index contributed by atoms with van der Waals surface area (Å²) in [4.78, 5) is 16.5. The normalized spacial score (nSPS) is 20.9. The van der Waals surface area contributed by atoms with Crippen molar-refractivity contribution < 1.29 is 14.3 Å². The first-order valence-electron chi connectivity index (χ1n) is 10.0.